The molecule has 132 valence electrons. The molecule has 1 saturated heterocycles. The second-order valence-corrected chi connectivity index (χ2v) is 7.02. The number of anilines is 1. The maximum absolute atomic E-state index is 12.3. The fraction of sp³-hybridized carbons (Fsp3) is 0.556. The molecular weight excluding hydrogens is 306 g/mol. The molecule has 0 aliphatic carbocycles. The zero-order chi connectivity index (χ0) is 17.6. The average Bonchev–Trinajstić information content (AvgIpc) is 2.52. The van der Waals surface area contributed by atoms with Crippen LogP contribution in [0.2, 0.25) is 0 Å². The molecule has 1 aliphatic heterocycles. The summed E-state index contributed by atoms with van der Waals surface area (Å²) >= 11 is 0. The minimum Gasteiger partial charge on any atom is -0.460 e. The Labute approximate surface area is 143 Å². The van der Waals surface area contributed by atoms with Crippen molar-refractivity contribution in [1.29, 1.82) is 0 Å². The van der Waals surface area contributed by atoms with Gasteiger partial charge in [-0.15, -0.1) is 0 Å². The summed E-state index contributed by atoms with van der Waals surface area (Å²) in [4.78, 5) is 25.9. The van der Waals surface area contributed by atoms with Crippen molar-refractivity contribution in [3.05, 3.63) is 30.3 Å². The fourth-order valence-electron chi connectivity index (χ4n) is 2.61. The van der Waals surface area contributed by atoms with Gasteiger partial charge in [-0.1, -0.05) is 18.2 Å². The topological polar surface area (TPSA) is 70.7 Å². The van der Waals surface area contributed by atoms with Crippen LogP contribution in [0.5, 0.6) is 0 Å². The minimum atomic E-state index is -0.460. The lowest BCUT2D eigenvalue weighted by Gasteiger charge is -2.33. The summed E-state index contributed by atoms with van der Waals surface area (Å²) < 4.78 is 5.32. The number of benzene rings is 1. The van der Waals surface area contributed by atoms with Gasteiger partial charge in [0.1, 0.15) is 5.60 Å². The molecule has 2 rings (SSSR count). The van der Waals surface area contributed by atoms with Gasteiger partial charge in [0.05, 0.1) is 0 Å². The number of urea groups is 1. The molecule has 1 fully saturated rings. The monoisotopic (exact) mass is 333 g/mol. The van der Waals surface area contributed by atoms with E-state index in [0.717, 1.165) is 12.2 Å². The van der Waals surface area contributed by atoms with E-state index in [1.165, 1.54) is 0 Å². The van der Waals surface area contributed by atoms with Crippen LogP contribution in [0.1, 0.15) is 33.6 Å². The predicted octanol–water partition coefficient (Wildman–Crippen LogP) is 2.61. The molecule has 24 heavy (non-hydrogen) atoms. The molecule has 1 aromatic rings. The fourth-order valence-corrected chi connectivity index (χ4v) is 2.61. The number of hydrogen-bond acceptors (Lipinski definition) is 4. The van der Waals surface area contributed by atoms with Crippen molar-refractivity contribution in [2.75, 3.05) is 25.0 Å². The smallest absolute Gasteiger partial charge is 0.321 e. The van der Waals surface area contributed by atoms with Crippen molar-refractivity contribution in [3.8, 4) is 0 Å². The maximum atomic E-state index is 12.3. The number of para-hydroxylation sites is 1. The minimum absolute atomic E-state index is 0.104. The number of amides is 2. The van der Waals surface area contributed by atoms with E-state index in [2.05, 4.69) is 10.6 Å². The Bertz CT molecular complexity index is 554. The second kappa shape index (κ2) is 8.15. The van der Waals surface area contributed by atoms with Gasteiger partial charge >= 0.3 is 12.0 Å². The first-order chi connectivity index (χ1) is 11.3. The van der Waals surface area contributed by atoms with Crippen LogP contribution in [0.15, 0.2) is 30.3 Å². The van der Waals surface area contributed by atoms with Gasteiger partial charge in [0, 0.05) is 37.8 Å². The molecule has 6 heteroatoms. The van der Waals surface area contributed by atoms with Gasteiger partial charge in [-0.3, -0.25) is 4.79 Å². The third kappa shape index (κ3) is 6.20. The maximum Gasteiger partial charge on any atom is 0.321 e. The zero-order valence-electron chi connectivity index (χ0n) is 14.7. The first-order valence-corrected chi connectivity index (χ1v) is 8.40. The highest BCUT2D eigenvalue weighted by molar-refractivity contribution is 5.89. The normalized spacial score (nSPS) is 18.1. The lowest BCUT2D eigenvalue weighted by molar-refractivity contribution is -0.155. The Hall–Kier alpha value is -2.08. The molecule has 0 spiro atoms. The second-order valence-electron chi connectivity index (χ2n) is 7.02. The summed E-state index contributed by atoms with van der Waals surface area (Å²) in [5.74, 6) is -0.199. The Kier molecular flexibility index (Phi) is 6.20. The number of hydrogen-bond donors (Lipinski definition) is 2. The first kappa shape index (κ1) is 18.3. The SMILES string of the molecule is CC(C)(C)OC(=O)CCC1CN(C(=O)Nc2ccccc2)CCN1. The van der Waals surface area contributed by atoms with Crippen molar-refractivity contribution >= 4 is 17.7 Å². The number of ether oxygens (including phenoxy) is 1. The van der Waals surface area contributed by atoms with Crippen LogP contribution in [-0.2, 0) is 9.53 Å². The number of carbonyl (C=O) groups is 2. The number of nitrogens with zero attached hydrogens (tertiary/aromatic N) is 1. The summed E-state index contributed by atoms with van der Waals surface area (Å²) in [7, 11) is 0. The Morgan fingerprint density at radius 3 is 2.67 bits per heavy atom. The highest BCUT2D eigenvalue weighted by Gasteiger charge is 2.24. The number of rotatable bonds is 4. The molecule has 1 unspecified atom stereocenters. The van der Waals surface area contributed by atoms with E-state index >= 15 is 0 Å². The molecule has 0 radical (unpaired) electrons. The lowest BCUT2D eigenvalue weighted by Crippen LogP contribution is -2.53. The lowest BCUT2D eigenvalue weighted by atomic mass is 10.1. The molecule has 2 amide bonds. The number of carbonyl (C=O) groups excluding carboxylic acids is 2. The van der Waals surface area contributed by atoms with Crippen molar-refractivity contribution in [3.63, 3.8) is 0 Å². The third-order valence-electron chi connectivity index (χ3n) is 3.68. The zero-order valence-corrected chi connectivity index (χ0v) is 14.7. The van der Waals surface area contributed by atoms with Crippen LogP contribution in [0.3, 0.4) is 0 Å². The van der Waals surface area contributed by atoms with Gasteiger partial charge in [0.15, 0.2) is 0 Å². The molecule has 1 heterocycles. The summed E-state index contributed by atoms with van der Waals surface area (Å²) in [5.41, 5.74) is 0.324. The van der Waals surface area contributed by atoms with E-state index in [-0.39, 0.29) is 18.0 Å². The van der Waals surface area contributed by atoms with Crippen LogP contribution in [0, 0.1) is 0 Å². The van der Waals surface area contributed by atoms with Crippen LogP contribution < -0.4 is 10.6 Å². The van der Waals surface area contributed by atoms with Crippen LogP contribution >= 0.6 is 0 Å². The molecular formula is C18H27N3O3. The Balaban J connectivity index is 1.79. The van der Waals surface area contributed by atoms with Gasteiger partial charge in [-0.25, -0.2) is 4.79 Å². The van der Waals surface area contributed by atoms with Gasteiger partial charge < -0.3 is 20.3 Å². The van der Waals surface area contributed by atoms with Crippen LogP contribution in [0.4, 0.5) is 10.5 Å². The summed E-state index contributed by atoms with van der Waals surface area (Å²) in [6.07, 6.45) is 1.01. The molecule has 1 aromatic carbocycles. The van der Waals surface area contributed by atoms with E-state index in [1.807, 2.05) is 51.1 Å². The van der Waals surface area contributed by atoms with Gasteiger partial charge in [-0.2, -0.15) is 0 Å². The van der Waals surface area contributed by atoms with Gasteiger partial charge in [0.25, 0.3) is 0 Å². The van der Waals surface area contributed by atoms with Crippen molar-refractivity contribution < 1.29 is 14.3 Å². The molecule has 0 aromatic heterocycles. The summed E-state index contributed by atoms with van der Waals surface area (Å²) in [6, 6.07) is 9.40. The number of nitrogens with one attached hydrogen (secondary N) is 2. The first-order valence-electron chi connectivity index (χ1n) is 8.40. The van der Waals surface area contributed by atoms with E-state index in [0.29, 0.717) is 25.9 Å². The van der Waals surface area contributed by atoms with Crippen molar-refractivity contribution in [1.82, 2.24) is 10.2 Å². The third-order valence-corrected chi connectivity index (χ3v) is 3.68. The van der Waals surface area contributed by atoms with Crippen LogP contribution in [-0.4, -0.2) is 48.2 Å². The van der Waals surface area contributed by atoms with Gasteiger partial charge in [-0.05, 0) is 39.3 Å². The van der Waals surface area contributed by atoms with Crippen molar-refractivity contribution in [2.24, 2.45) is 0 Å². The van der Waals surface area contributed by atoms with E-state index in [4.69, 9.17) is 4.74 Å². The predicted molar refractivity (Wildman–Crippen MR) is 93.9 cm³/mol. The molecule has 2 N–H and O–H groups in total. The van der Waals surface area contributed by atoms with Gasteiger partial charge in [0.2, 0.25) is 0 Å². The number of esters is 1. The van der Waals surface area contributed by atoms with E-state index < -0.39 is 5.60 Å². The van der Waals surface area contributed by atoms with E-state index in [9.17, 15) is 9.59 Å². The molecule has 1 atom stereocenters. The number of piperazine rings is 1. The van der Waals surface area contributed by atoms with Crippen LogP contribution in [0.25, 0.3) is 0 Å². The molecule has 0 bridgehead atoms. The quantitative estimate of drug-likeness (QED) is 0.831. The Morgan fingerprint density at radius 2 is 2.00 bits per heavy atom. The summed E-state index contributed by atoms with van der Waals surface area (Å²) in [5, 5.41) is 6.25. The molecule has 6 nitrogen and oxygen atoms in total. The highest BCUT2D eigenvalue weighted by Crippen LogP contribution is 2.13. The standard InChI is InChI=1S/C18H27N3O3/c1-18(2,3)24-16(22)10-9-15-13-21(12-11-19-15)17(23)20-14-7-5-4-6-8-14/h4-8,15,19H,9-13H2,1-3H3,(H,20,23). The van der Waals surface area contributed by atoms with E-state index in [1.54, 1.807) is 4.90 Å². The summed E-state index contributed by atoms with van der Waals surface area (Å²) in [6.45, 7) is 7.54. The van der Waals surface area contributed by atoms with Crippen molar-refractivity contribution in [2.45, 2.75) is 45.3 Å². The molecule has 0 saturated carbocycles. The largest absolute Gasteiger partial charge is 0.460 e. The Morgan fingerprint density at radius 1 is 1.29 bits per heavy atom. The average molecular weight is 333 g/mol. The highest BCUT2D eigenvalue weighted by atomic mass is 16.6. The molecule has 1 aliphatic rings.